The molecule has 1 aromatic carbocycles. The van der Waals surface area contributed by atoms with Crippen molar-refractivity contribution in [2.24, 2.45) is 10.8 Å². The summed E-state index contributed by atoms with van der Waals surface area (Å²) < 4.78 is 12.9. The van der Waals surface area contributed by atoms with Crippen LogP contribution in [0.15, 0.2) is 29.3 Å². The van der Waals surface area contributed by atoms with Crippen molar-refractivity contribution in [3.8, 4) is 0 Å². The van der Waals surface area contributed by atoms with Crippen LogP contribution in [0.3, 0.4) is 0 Å². The van der Waals surface area contributed by atoms with E-state index < -0.39 is 0 Å². The van der Waals surface area contributed by atoms with Gasteiger partial charge in [-0.1, -0.05) is 0 Å². The first-order chi connectivity index (χ1) is 9.76. The van der Waals surface area contributed by atoms with E-state index in [1.54, 1.807) is 0 Å². The van der Waals surface area contributed by atoms with Gasteiger partial charge in [-0.25, -0.2) is 15.2 Å². The molecule has 0 spiro atoms. The maximum atomic E-state index is 12.9. The van der Waals surface area contributed by atoms with Gasteiger partial charge in [-0.2, -0.15) is 0 Å². The fraction of sp³-hybridized carbons (Fsp3) is 0.500. The van der Waals surface area contributed by atoms with Gasteiger partial charge in [0.15, 0.2) is 0 Å². The minimum Gasteiger partial charge on any atom is -0.368 e. The molecular formula is C14H20FN5. The van der Waals surface area contributed by atoms with Crippen molar-refractivity contribution in [2.75, 3.05) is 31.1 Å². The Hall–Kier alpha value is -1.82. The van der Waals surface area contributed by atoms with Crippen molar-refractivity contribution in [3.05, 3.63) is 30.1 Å². The fourth-order valence-corrected chi connectivity index (χ4v) is 2.42. The number of guanidine groups is 1. The molecular weight excluding hydrogens is 257 g/mol. The molecule has 1 aliphatic heterocycles. The highest BCUT2D eigenvalue weighted by atomic mass is 19.1. The highest BCUT2D eigenvalue weighted by molar-refractivity contribution is 5.80. The van der Waals surface area contributed by atoms with Crippen LogP contribution in [-0.2, 0) is 0 Å². The van der Waals surface area contributed by atoms with Crippen LogP contribution < -0.4 is 16.2 Å². The second-order valence-corrected chi connectivity index (χ2v) is 5.28. The van der Waals surface area contributed by atoms with Crippen LogP contribution in [0.5, 0.6) is 0 Å². The topological polar surface area (TPSA) is 56.9 Å². The molecule has 0 aromatic heterocycles. The van der Waals surface area contributed by atoms with Crippen LogP contribution in [-0.4, -0.2) is 43.1 Å². The molecule has 2 fully saturated rings. The van der Waals surface area contributed by atoms with Crippen molar-refractivity contribution < 1.29 is 4.39 Å². The largest absolute Gasteiger partial charge is 0.368 e. The van der Waals surface area contributed by atoms with E-state index in [0.717, 1.165) is 37.8 Å². The summed E-state index contributed by atoms with van der Waals surface area (Å²) in [5.41, 5.74) is 3.78. The quantitative estimate of drug-likeness (QED) is 0.365. The smallest absolute Gasteiger partial charge is 0.208 e. The maximum absolute atomic E-state index is 12.9. The van der Waals surface area contributed by atoms with Crippen molar-refractivity contribution in [1.29, 1.82) is 0 Å². The highest BCUT2D eigenvalue weighted by Crippen LogP contribution is 2.24. The van der Waals surface area contributed by atoms with Gasteiger partial charge in [0.05, 0.1) is 6.04 Å². The number of nitrogens with one attached hydrogen (secondary N) is 1. The van der Waals surface area contributed by atoms with Gasteiger partial charge in [-0.15, -0.1) is 0 Å². The Morgan fingerprint density at radius 3 is 2.35 bits per heavy atom. The molecule has 1 saturated carbocycles. The molecule has 0 radical (unpaired) electrons. The Morgan fingerprint density at radius 2 is 1.80 bits per heavy atom. The van der Waals surface area contributed by atoms with Gasteiger partial charge in [-0.05, 0) is 37.1 Å². The molecule has 0 atom stereocenters. The average Bonchev–Trinajstić information content (AvgIpc) is 3.30. The lowest BCUT2D eigenvalue weighted by Gasteiger charge is -2.37. The van der Waals surface area contributed by atoms with Crippen LogP contribution >= 0.6 is 0 Å². The molecule has 1 aliphatic carbocycles. The molecule has 6 heteroatoms. The van der Waals surface area contributed by atoms with E-state index in [1.165, 1.54) is 25.0 Å². The van der Waals surface area contributed by atoms with E-state index in [4.69, 9.17) is 5.84 Å². The van der Waals surface area contributed by atoms with Gasteiger partial charge in [0.1, 0.15) is 5.82 Å². The molecule has 1 heterocycles. The van der Waals surface area contributed by atoms with E-state index >= 15 is 0 Å². The van der Waals surface area contributed by atoms with E-state index in [9.17, 15) is 4.39 Å². The standard InChI is InChI=1S/C14H20FN5/c15-11-1-5-13(6-2-11)19-7-9-20(10-8-19)14(18-16)17-12-3-4-12/h1-2,5-6,12H,3-4,7-10,16H2,(H,17,18). The summed E-state index contributed by atoms with van der Waals surface area (Å²) in [6, 6.07) is 7.11. The van der Waals surface area contributed by atoms with Crippen molar-refractivity contribution >= 4 is 11.6 Å². The first-order valence-electron chi connectivity index (χ1n) is 7.06. The molecule has 1 saturated heterocycles. The Labute approximate surface area is 118 Å². The third kappa shape index (κ3) is 3.01. The predicted molar refractivity (Wildman–Crippen MR) is 78.0 cm³/mol. The maximum Gasteiger partial charge on any atom is 0.208 e. The number of hydrazine groups is 1. The second kappa shape index (κ2) is 5.66. The Kier molecular flexibility index (Phi) is 3.73. The van der Waals surface area contributed by atoms with Crippen molar-refractivity contribution in [3.63, 3.8) is 0 Å². The van der Waals surface area contributed by atoms with Crippen LogP contribution in [0, 0.1) is 5.82 Å². The lowest BCUT2D eigenvalue weighted by Crippen LogP contribution is -2.54. The van der Waals surface area contributed by atoms with E-state index in [-0.39, 0.29) is 5.82 Å². The van der Waals surface area contributed by atoms with Gasteiger partial charge >= 0.3 is 0 Å². The van der Waals surface area contributed by atoms with Crippen LogP contribution in [0.4, 0.5) is 10.1 Å². The molecule has 3 rings (SSSR count). The fourth-order valence-electron chi connectivity index (χ4n) is 2.42. The molecule has 0 unspecified atom stereocenters. The van der Waals surface area contributed by atoms with Crippen LogP contribution in [0.2, 0.25) is 0 Å². The summed E-state index contributed by atoms with van der Waals surface area (Å²) in [5.74, 6) is 6.17. The zero-order chi connectivity index (χ0) is 13.9. The summed E-state index contributed by atoms with van der Waals surface area (Å²) in [6.45, 7) is 3.51. The van der Waals surface area contributed by atoms with E-state index in [0.29, 0.717) is 6.04 Å². The van der Waals surface area contributed by atoms with Gasteiger partial charge in [-0.3, -0.25) is 5.43 Å². The zero-order valence-corrected chi connectivity index (χ0v) is 11.4. The summed E-state index contributed by atoms with van der Waals surface area (Å²) in [7, 11) is 0. The summed E-state index contributed by atoms with van der Waals surface area (Å²) in [6.07, 6.45) is 2.33. The monoisotopic (exact) mass is 277 g/mol. The van der Waals surface area contributed by atoms with Crippen LogP contribution in [0.25, 0.3) is 0 Å². The number of benzene rings is 1. The number of rotatable bonds is 2. The Balaban J connectivity index is 1.59. The third-order valence-corrected chi connectivity index (χ3v) is 3.75. The molecule has 20 heavy (non-hydrogen) atoms. The lowest BCUT2D eigenvalue weighted by atomic mass is 10.2. The zero-order valence-electron chi connectivity index (χ0n) is 11.4. The average molecular weight is 277 g/mol. The Bertz CT molecular complexity index is 475. The van der Waals surface area contributed by atoms with E-state index in [2.05, 4.69) is 20.2 Å². The molecule has 5 nitrogen and oxygen atoms in total. The number of hydrogen-bond acceptors (Lipinski definition) is 3. The molecule has 108 valence electrons. The number of aliphatic imine (C=N–C) groups is 1. The number of nitrogens with zero attached hydrogens (tertiary/aromatic N) is 3. The SMILES string of the molecule is NNC(=NC1CC1)N1CCN(c2ccc(F)cc2)CC1. The lowest BCUT2D eigenvalue weighted by molar-refractivity contribution is 0.372. The first-order valence-corrected chi connectivity index (χ1v) is 7.06. The minimum absolute atomic E-state index is 0.196. The first kappa shape index (κ1) is 13.2. The third-order valence-electron chi connectivity index (χ3n) is 3.75. The van der Waals surface area contributed by atoms with Gasteiger partial charge in [0.2, 0.25) is 5.96 Å². The molecule has 1 aromatic rings. The highest BCUT2D eigenvalue weighted by Gasteiger charge is 2.24. The number of hydrogen-bond donors (Lipinski definition) is 2. The second-order valence-electron chi connectivity index (χ2n) is 5.28. The normalized spacial score (nSPS) is 20.2. The van der Waals surface area contributed by atoms with Gasteiger partial charge in [0.25, 0.3) is 0 Å². The molecule has 0 bridgehead atoms. The van der Waals surface area contributed by atoms with E-state index in [1.807, 2.05) is 12.1 Å². The number of halogens is 1. The number of anilines is 1. The molecule has 2 aliphatic rings. The molecule has 0 amide bonds. The number of nitrogens with two attached hydrogens (primary N) is 1. The summed E-state index contributed by atoms with van der Waals surface area (Å²) in [5, 5.41) is 0. The van der Waals surface area contributed by atoms with Gasteiger partial charge in [0, 0.05) is 31.9 Å². The predicted octanol–water partition coefficient (Wildman–Crippen LogP) is 0.929. The number of piperazine rings is 1. The minimum atomic E-state index is -0.196. The van der Waals surface area contributed by atoms with Crippen molar-refractivity contribution in [1.82, 2.24) is 10.3 Å². The molecule has 3 N–H and O–H groups in total. The van der Waals surface area contributed by atoms with Gasteiger partial charge < -0.3 is 9.80 Å². The summed E-state index contributed by atoms with van der Waals surface area (Å²) >= 11 is 0. The van der Waals surface area contributed by atoms with Crippen LogP contribution in [0.1, 0.15) is 12.8 Å². The summed E-state index contributed by atoms with van der Waals surface area (Å²) in [4.78, 5) is 9.01. The van der Waals surface area contributed by atoms with Crippen molar-refractivity contribution in [2.45, 2.75) is 18.9 Å². The Morgan fingerprint density at radius 1 is 1.15 bits per heavy atom.